The van der Waals surface area contributed by atoms with Gasteiger partial charge in [-0.3, -0.25) is 9.59 Å². The van der Waals surface area contributed by atoms with Crippen molar-refractivity contribution in [3.05, 3.63) is 63.8 Å². The highest BCUT2D eigenvalue weighted by atomic mass is 35.5. The Hall–Kier alpha value is -2.70. The molecule has 0 radical (unpaired) electrons. The molecule has 6 nitrogen and oxygen atoms in total. The molecule has 0 saturated carbocycles. The summed E-state index contributed by atoms with van der Waals surface area (Å²) in [5.41, 5.74) is 2.61. The van der Waals surface area contributed by atoms with Gasteiger partial charge in [0, 0.05) is 34.1 Å². The van der Waals surface area contributed by atoms with Gasteiger partial charge in [-0.2, -0.15) is 0 Å². The molecular formula is C21H19Cl2N3O3. The van der Waals surface area contributed by atoms with Gasteiger partial charge in [-0.1, -0.05) is 41.4 Å². The molecule has 2 N–H and O–H groups in total. The molecule has 0 spiro atoms. The molecule has 0 aliphatic carbocycles. The van der Waals surface area contributed by atoms with E-state index in [4.69, 9.17) is 27.9 Å². The van der Waals surface area contributed by atoms with Crippen molar-refractivity contribution >= 4 is 45.9 Å². The number of carbonyl (C=O) groups excluding carboxylic acids is 2. The zero-order valence-electron chi connectivity index (χ0n) is 15.7. The first-order chi connectivity index (χ1) is 14.0. The molecule has 1 saturated heterocycles. The summed E-state index contributed by atoms with van der Waals surface area (Å²) in [6, 6.07) is 10.5. The summed E-state index contributed by atoms with van der Waals surface area (Å²) < 4.78 is 5.40. The normalized spacial score (nSPS) is 16.9. The zero-order valence-corrected chi connectivity index (χ0v) is 17.2. The first kappa shape index (κ1) is 19.6. The number of benzene rings is 2. The smallest absolute Gasteiger partial charge is 0.243 e. The van der Waals surface area contributed by atoms with Gasteiger partial charge in [-0.25, -0.2) is 0 Å². The Kier molecular flexibility index (Phi) is 5.39. The molecule has 2 amide bonds. The number of methoxy groups -OCH3 is 1. The highest BCUT2D eigenvalue weighted by Gasteiger charge is 2.35. The standard InChI is InChI=1S/C21H19Cl2N3O3/c1-29-20-13(6-14(22)8-16(20)23)11-26-18(21(28)25-10-19(26)27)7-12-9-24-17-5-3-2-4-15(12)17/h2-6,8-9,18,24H,7,10-11H2,1H3,(H,25,28)/t18-/m0/s1. The minimum absolute atomic E-state index is 0.0418. The van der Waals surface area contributed by atoms with Crippen LogP contribution in [-0.2, 0) is 22.6 Å². The van der Waals surface area contributed by atoms with Crippen molar-refractivity contribution in [2.45, 2.75) is 19.0 Å². The van der Waals surface area contributed by atoms with Gasteiger partial charge in [0.1, 0.15) is 11.8 Å². The number of nitrogens with one attached hydrogen (secondary N) is 2. The number of H-pyrrole nitrogens is 1. The predicted octanol–water partition coefficient (Wildman–Crippen LogP) is 3.55. The lowest BCUT2D eigenvalue weighted by molar-refractivity contribution is -0.146. The van der Waals surface area contributed by atoms with E-state index in [1.807, 2.05) is 30.5 Å². The third-order valence-corrected chi connectivity index (χ3v) is 5.63. The Morgan fingerprint density at radius 3 is 2.76 bits per heavy atom. The molecule has 3 aromatic rings. The highest BCUT2D eigenvalue weighted by Crippen LogP contribution is 2.34. The fraction of sp³-hybridized carbons (Fsp3) is 0.238. The monoisotopic (exact) mass is 431 g/mol. The van der Waals surface area contributed by atoms with Gasteiger partial charge in [-0.05, 0) is 23.8 Å². The van der Waals surface area contributed by atoms with Gasteiger partial charge in [0.15, 0.2) is 0 Å². The number of amides is 2. The van der Waals surface area contributed by atoms with E-state index in [1.165, 1.54) is 7.11 Å². The van der Waals surface area contributed by atoms with Gasteiger partial charge >= 0.3 is 0 Å². The minimum Gasteiger partial charge on any atom is -0.495 e. The van der Waals surface area contributed by atoms with Crippen LogP contribution >= 0.6 is 23.2 Å². The lowest BCUT2D eigenvalue weighted by Gasteiger charge is -2.35. The molecule has 1 aliphatic rings. The van der Waals surface area contributed by atoms with Gasteiger partial charge in [-0.15, -0.1) is 0 Å². The highest BCUT2D eigenvalue weighted by molar-refractivity contribution is 6.35. The number of carbonyl (C=O) groups is 2. The van der Waals surface area contributed by atoms with Crippen molar-refractivity contribution < 1.29 is 14.3 Å². The number of para-hydroxylation sites is 1. The Bertz CT molecular complexity index is 1100. The van der Waals surface area contributed by atoms with E-state index < -0.39 is 6.04 Å². The molecule has 150 valence electrons. The van der Waals surface area contributed by atoms with Crippen LogP contribution in [0, 0.1) is 0 Å². The van der Waals surface area contributed by atoms with Gasteiger partial charge in [0.05, 0.1) is 25.2 Å². The SMILES string of the molecule is COc1c(Cl)cc(Cl)cc1CN1C(=O)CNC(=O)[C@@H]1Cc1c[nH]c2ccccc12. The number of hydrogen-bond donors (Lipinski definition) is 2. The van der Waals surface area contributed by atoms with E-state index in [1.54, 1.807) is 17.0 Å². The summed E-state index contributed by atoms with van der Waals surface area (Å²) in [6.45, 7) is 0.128. The second kappa shape index (κ2) is 7.97. The summed E-state index contributed by atoms with van der Waals surface area (Å²) in [6.07, 6.45) is 2.27. The second-order valence-corrected chi connectivity index (χ2v) is 7.74. The number of ether oxygens (including phenoxy) is 1. The molecule has 2 aromatic carbocycles. The van der Waals surface area contributed by atoms with Crippen LogP contribution in [0.2, 0.25) is 10.0 Å². The number of halogens is 2. The molecule has 0 bridgehead atoms. The maximum atomic E-state index is 12.7. The molecule has 29 heavy (non-hydrogen) atoms. The van der Waals surface area contributed by atoms with Crippen LogP contribution in [0.25, 0.3) is 10.9 Å². The molecule has 1 fully saturated rings. The maximum Gasteiger partial charge on any atom is 0.243 e. The van der Waals surface area contributed by atoms with E-state index in [0.717, 1.165) is 16.5 Å². The summed E-state index contributed by atoms with van der Waals surface area (Å²) >= 11 is 12.4. The van der Waals surface area contributed by atoms with E-state index >= 15 is 0 Å². The van der Waals surface area contributed by atoms with Crippen LogP contribution < -0.4 is 10.1 Å². The van der Waals surface area contributed by atoms with Crippen molar-refractivity contribution in [2.24, 2.45) is 0 Å². The zero-order chi connectivity index (χ0) is 20.5. The topological polar surface area (TPSA) is 74.4 Å². The first-order valence-corrected chi connectivity index (χ1v) is 9.87. The van der Waals surface area contributed by atoms with Crippen LogP contribution in [0.5, 0.6) is 5.75 Å². The second-order valence-electron chi connectivity index (χ2n) is 6.90. The quantitative estimate of drug-likeness (QED) is 0.648. The summed E-state index contributed by atoms with van der Waals surface area (Å²) in [7, 11) is 1.51. The summed E-state index contributed by atoms with van der Waals surface area (Å²) in [4.78, 5) is 30.2. The summed E-state index contributed by atoms with van der Waals surface area (Å²) in [5, 5.41) is 4.51. The van der Waals surface area contributed by atoms with Crippen molar-refractivity contribution in [2.75, 3.05) is 13.7 Å². The van der Waals surface area contributed by atoms with E-state index in [2.05, 4.69) is 10.3 Å². The maximum absolute atomic E-state index is 12.7. The predicted molar refractivity (Wildman–Crippen MR) is 112 cm³/mol. The van der Waals surface area contributed by atoms with E-state index in [-0.39, 0.29) is 24.9 Å². The Morgan fingerprint density at radius 2 is 1.97 bits per heavy atom. The van der Waals surface area contributed by atoms with Gasteiger partial charge in [0.25, 0.3) is 0 Å². The van der Waals surface area contributed by atoms with Crippen LogP contribution in [-0.4, -0.2) is 41.4 Å². The Morgan fingerprint density at radius 1 is 1.17 bits per heavy atom. The first-order valence-electron chi connectivity index (χ1n) is 9.12. The lowest BCUT2D eigenvalue weighted by atomic mass is 10.0. The number of aromatic amines is 1. The molecule has 2 heterocycles. The van der Waals surface area contributed by atoms with Crippen LogP contribution in [0.3, 0.4) is 0 Å². The molecule has 0 unspecified atom stereocenters. The molecule has 1 atom stereocenters. The summed E-state index contributed by atoms with van der Waals surface area (Å²) in [5.74, 6) is 0.0789. The van der Waals surface area contributed by atoms with Crippen molar-refractivity contribution in [1.29, 1.82) is 0 Å². The molecular weight excluding hydrogens is 413 g/mol. The third-order valence-electron chi connectivity index (χ3n) is 5.13. The van der Waals surface area contributed by atoms with E-state index in [0.29, 0.717) is 27.8 Å². The van der Waals surface area contributed by atoms with Crippen LogP contribution in [0.15, 0.2) is 42.6 Å². The fourth-order valence-electron chi connectivity index (χ4n) is 3.75. The number of piperazine rings is 1. The Balaban J connectivity index is 1.68. The van der Waals surface area contributed by atoms with Gasteiger partial charge < -0.3 is 19.9 Å². The fourth-order valence-corrected chi connectivity index (χ4v) is 4.36. The molecule has 8 heteroatoms. The lowest BCUT2D eigenvalue weighted by Crippen LogP contribution is -2.58. The number of aromatic nitrogens is 1. The van der Waals surface area contributed by atoms with E-state index in [9.17, 15) is 9.59 Å². The van der Waals surface area contributed by atoms with Crippen molar-refractivity contribution in [3.8, 4) is 5.75 Å². The Labute approximate surface area is 177 Å². The number of hydrogen-bond acceptors (Lipinski definition) is 3. The molecule has 4 rings (SSSR count). The number of fused-ring (bicyclic) bond motifs is 1. The number of rotatable bonds is 5. The average molecular weight is 432 g/mol. The van der Waals surface area contributed by atoms with Gasteiger partial charge in [0.2, 0.25) is 11.8 Å². The molecule has 1 aromatic heterocycles. The van der Waals surface area contributed by atoms with Crippen molar-refractivity contribution in [3.63, 3.8) is 0 Å². The van der Waals surface area contributed by atoms with Crippen LogP contribution in [0.1, 0.15) is 11.1 Å². The number of nitrogens with zero attached hydrogens (tertiary/aromatic N) is 1. The molecule has 1 aliphatic heterocycles. The third kappa shape index (κ3) is 3.78. The van der Waals surface area contributed by atoms with Crippen LogP contribution in [0.4, 0.5) is 0 Å². The van der Waals surface area contributed by atoms with Crippen molar-refractivity contribution in [1.82, 2.24) is 15.2 Å². The largest absolute Gasteiger partial charge is 0.495 e. The minimum atomic E-state index is -0.655. The average Bonchev–Trinajstić information content (AvgIpc) is 3.10.